The molecule has 1 aromatic carbocycles. The molecular weight excluding hydrogens is 260 g/mol. The van der Waals surface area contributed by atoms with Crippen LogP contribution in [-0.2, 0) is 9.53 Å². The van der Waals surface area contributed by atoms with E-state index in [1.807, 2.05) is 6.92 Å². The van der Waals surface area contributed by atoms with Gasteiger partial charge in [-0.15, -0.1) is 0 Å². The van der Waals surface area contributed by atoms with Crippen LogP contribution in [0.3, 0.4) is 0 Å². The largest absolute Gasteiger partial charge is 0.479 e. The van der Waals surface area contributed by atoms with E-state index >= 15 is 0 Å². The normalized spacial score (nSPS) is 11.7. The molecule has 5 nitrogen and oxygen atoms in total. The Labute approximate surface area is 118 Å². The lowest BCUT2D eigenvalue weighted by Gasteiger charge is -2.16. The molecule has 1 aromatic rings. The highest BCUT2D eigenvalue weighted by Crippen LogP contribution is 2.22. The molecule has 1 unspecified atom stereocenters. The fourth-order valence-corrected chi connectivity index (χ4v) is 1.72. The van der Waals surface area contributed by atoms with E-state index in [9.17, 15) is 9.59 Å². The van der Waals surface area contributed by atoms with E-state index in [1.165, 1.54) is 0 Å². The number of hydrogen-bond acceptors (Lipinski definition) is 4. The van der Waals surface area contributed by atoms with E-state index in [2.05, 4.69) is 0 Å². The fourth-order valence-electron chi connectivity index (χ4n) is 1.72. The van der Waals surface area contributed by atoms with E-state index in [0.29, 0.717) is 6.42 Å². The molecule has 0 saturated heterocycles. The van der Waals surface area contributed by atoms with E-state index in [4.69, 9.17) is 14.6 Å². The Morgan fingerprint density at radius 1 is 1.25 bits per heavy atom. The van der Waals surface area contributed by atoms with Gasteiger partial charge in [-0.3, -0.25) is 0 Å². The Balaban J connectivity index is 2.89. The second-order valence-electron chi connectivity index (χ2n) is 4.30. The van der Waals surface area contributed by atoms with Crippen LogP contribution in [0.1, 0.15) is 43.5 Å². The van der Waals surface area contributed by atoms with Gasteiger partial charge in [0.25, 0.3) is 0 Å². The topological polar surface area (TPSA) is 72.8 Å². The molecule has 110 valence electrons. The third-order valence-corrected chi connectivity index (χ3v) is 2.75. The number of benzene rings is 1. The summed E-state index contributed by atoms with van der Waals surface area (Å²) in [5, 5.41) is 9.15. The molecule has 20 heavy (non-hydrogen) atoms. The highest BCUT2D eigenvalue weighted by Gasteiger charge is 2.22. The summed E-state index contributed by atoms with van der Waals surface area (Å²) in [7, 11) is 0. The van der Waals surface area contributed by atoms with Crippen LogP contribution in [0.2, 0.25) is 0 Å². The van der Waals surface area contributed by atoms with Crippen molar-refractivity contribution in [2.75, 3.05) is 6.61 Å². The third-order valence-electron chi connectivity index (χ3n) is 2.75. The second-order valence-corrected chi connectivity index (χ2v) is 4.30. The Kier molecular flexibility index (Phi) is 6.56. The predicted octanol–water partition coefficient (Wildman–Crippen LogP) is 2.89. The minimum Gasteiger partial charge on any atom is -0.479 e. The number of para-hydroxylation sites is 1. The van der Waals surface area contributed by atoms with Crippen LogP contribution in [-0.4, -0.2) is 29.8 Å². The number of rotatable bonds is 8. The van der Waals surface area contributed by atoms with Crippen molar-refractivity contribution in [1.82, 2.24) is 0 Å². The van der Waals surface area contributed by atoms with Crippen LogP contribution in [0, 0.1) is 0 Å². The molecule has 1 atom stereocenters. The Morgan fingerprint density at radius 2 is 1.95 bits per heavy atom. The fraction of sp³-hybridized carbons (Fsp3) is 0.467. The SMILES string of the molecule is CCCCC(Oc1ccccc1C(=O)OCC)C(=O)O. The first kappa shape index (κ1) is 16.0. The molecule has 0 heterocycles. The number of ether oxygens (including phenoxy) is 2. The van der Waals surface area contributed by atoms with Crippen molar-refractivity contribution >= 4 is 11.9 Å². The summed E-state index contributed by atoms with van der Waals surface area (Å²) < 4.78 is 10.4. The number of unbranched alkanes of at least 4 members (excludes halogenated alkanes) is 1. The van der Waals surface area contributed by atoms with Gasteiger partial charge in [-0.2, -0.15) is 0 Å². The first-order valence-electron chi connectivity index (χ1n) is 6.75. The van der Waals surface area contributed by atoms with Crippen molar-refractivity contribution in [1.29, 1.82) is 0 Å². The number of carbonyl (C=O) groups is 2. The number of hydrogen-bond donors (Lipinski definition) is 1. The van der Waals surface area contributed by atoms with Gasteiger partial charge in [0, 0.05) is 0 Å². The number of aliphatic carboxylic acids is 1. The predicted molar refractivity (Wildman–Crippen MR) is 74.0 cm³/mol. The molecule has 0 radical (unpaired) electrons. The zero-order valence-electron chi connectivity index (χ0n) is 11.8. The minimum absolute atomic E-state index is 0.245. The highest BCUT2D eigenvalue weighted by atomic mass is 16.5. The molecule has 0 fully saturated rings. The number of esters is 1. The van der Waals surface area contributed by atoms with Crippen LogP contribution in [0.5, 0.6) is 5.75 Å². The Bertz CT molecular complexity index is 455. The summed E-state index contributed by atoms with van der Waals surface area (Å²) in [5.74, 6) is -1.30. The van der Waals surface area contributed by atoms with Gasteiger partial charge in [0.05, 0.1) is 6.61 Å². The van der Waals surface area contributed by atoms with Crippen molar-refractivity contribution in [3.05, 3.63) is 29.8 Å². The van der Waals surface area contributed by atoms with Crippen LogP contribution >= 0.6 is 0 Å². The lowest BCUT2D eigenvalue weighted by Crippen LogP contribution is -2.27. The van der Waals surface area contributed by atoms with Gasteiger partial charge in [-0.1, -0.05) is 25.5 Å². The van der Waals surface area contributed by atoms with Gasteiger partial charge >= 0.3 is 11.9 Å². The molecule has 0 aliphatic carbocycles. The van der Waals surface area contributed by atoms with E-state index < -0.39 is 18.0 Å². The second kappa shape index (κ2) is 8.19. The van der Waals surface area contributed by atoms with Gasteiger partial charge in [-0.05, 0) is 31.9 Å². The number of carboxylic acids is 1. The van der Waals surface area contributed by atoms with E-state index in [0.717, 1.165) is 12.8 Å². The molecule has 1 N–H and O–H groups in total. The molecule has 0 spiro atoms. The van der Waals surface area contributed by atoms with Crippen molar-refractivity contribution < 1.29 is 24.2 Å². The Hall–Kier alpha value is -2.04. The summed E-state index contributed by atoms with van der Waals surface area (Å²) in [6.07, 6.45) is 1.08. The lowest BCUT2D eigenvalue weighted by atomic mass is 10.1. The number of carbonyl (C=O) groups excluding carboxylic acids is 1. The maximum Gasteiger partial charge on any atom is 0.344 e. The summed E-state index contributed by atoms with van der Waals surface area (Å²) in [6, 6.07) is 6.51. The molecule has 5 heteroatoms. The molecule has 0 aliphatic heterocycles. The van der Waals surface area contributed by atoms with E-state index in [-0.39, 0.29) is 17.9 Å². The summed E-state index contributed by atoms with van der Waals surface area (Å²) >= 11 is 0. The average Bonchev–Trinajstić information content (AvgIpc) is 2.43. The molecule has 0 aromatic heterocycles. The molecular formula is C15H20O5. The van der Waals surface area contributed by atoms with Crippen LogP contribution in [0.15, 0.2) is 24.3 Å². The maximum atomic E-state index is 11.8. The van der Waals surface area contributed by atoms with Crippen molar-refractivity contribution in [2.24, 2.45) is 0 Å². The summed E-state index contributed by atoms with van der Waals surface area (Å²) in [6.45, 7) is 3.94. The van der Waals surface area contributed by atoms with Crippen molar-refractivity contribution in [2.45, 2.75) is 39.2 Å². The molecule has 1 rings (SSSR count). The molecule has 0 amide bonds. The quantitative estimate of drug-likeness (QED) is 0.741. The molecule has 0 aliphatic rings. The van der Waals surface area contributed by atoms with Gasteiger partial charge in [0.15, 0.2) is 6.10 Å². The van der Waals surface area contributed by atoms with Crippen LogP contribution in [0.4, 0.5) is 0 Å². The summed E-state index contributed by atoms with van der Waals surface area (Å²) in [5.41, 5.74) is 0.247. The maximum absolute atomic E-state index is 11.8. The molecule has 0 saturated carbocycles. The first-order valence-corrected chi connectivity index (χ1v) is 6.75. The van der Waals surface area contributed by atoms with Crippen LogP contribution < -0.4 is 4.74 Å². The highest BCUT2D eigenvalue weighted by molar-refractivity contribution is 5.92. The smallest absolute Gasteiger partial charge is 0.344 e. The van der Waals surface area contributed by atoms with Gasteiger partial charge in [-0.25, -0.2) is 9.59 Å². The summed E-state index contributed by atoms with van der Waals surface area (Å²) in [4.78, 5) is 23.0. The van der Waals surface area contributed by atoms with Gasteiger partial charge in [0.2, 0.25) is 0 Å². The van der Waals surface area contributed by atoms with Crippen LogP contribution in [0.25, 0.3) is 0 Å². The Morgan fingerprint density at radius 3 is 2.55 bits per heavy atom. The molecule has 0 bridgehead atoms. The third kappa shape index (κ3) is 4.57. The van der Waals surface area contributed by atoms with Crippen molar-refractivity contribution in [3.8, 4) is 5.75 Å². The lowest BCUT2D eigenvalue weighted by molar-refractivity contribution is -0.145. The standard InChI is InChI=1S/C15H20O5/c1-3-5-9-13(14(16)17)20-12-10-7-6-8-11(12)15(18)19-4-2/h6-8,10,13H,3-5,9H2,1-2H3,(H,16,17). The van der Waals surface area contributed by atoms with E-state index in [1.54, 1.807) is 31.2 Å². The van der Waals surface area contributed by atoms with Gasteiger partial charge < -0.3 is 14.6 Å². The first-order chi connectivity index (χ1) is 9.60. The zero-order valence-corrected chi connectivity index (χ0v) is 11.8. The number of carboxylic acid groups (broad SMARTS) is 1. The van der Waals surface area contributed by atoms with Gasteiger partial charge in [0.1, 0.15) is 11.3 Å². The average molecular weight is 280 g/mol. The zero-order chi connectivity index (χ0) is 15.0. The monoisotopic (exact) mass is 280 g/mol. The van der Waals surface area contributed by atoms with Crippen molar-refractivity contribution in [3.63, 3.8) is 0 Å². The minimum atomic E-state index is -1.03.